The zero-order chi connectivity index (χ0) is 21.9. The molecular formula is C19H14BrClN2O6S. The average Bonchev–Trinajstić information content (AvgIpc) is 2.68. The number of benzene rings is 2. The third kappa shape index (κ3) is 4.89. The van der Waals surface area contributed by atoms with E-state index in [4.69, 9.17) is 20.5 Å². The number of rotatable bonds is 6. The van der Waals surface area contributed by atoms with Crippen LogP contribution in [0.4, 0.5) is 0 Å². The normalized spacial score (nSPS) is 11.2. The first-order chi connectivity index (χ1) is 14.2. The standard InChI is InChI=1S/C19H14BrClN2O6S/c1-2-28-19(25)18-16(29-30(26,27)15-8-6-13(21)7-9-15)11-17(24)23(22-18)14-5-3-4-12(20)10-14/h3-11H,2H2,1H3. The molecule has 11 heteroatoms. The molecule has 2 aromatic carbocycles. The van der Waals surface area contributed by atoms with Crippen LogP contribution in [0, 0.1) is 0 Å². The number of ether oxygens (including phenoxy) is 1. The molecule has 0 spiro atoms. The molecule has 0 aliphatic carbocycles. The lowest BCUT2D eigenvalue weighted by Crippen LogP contribution is -2.26. The number of nitrogens with zero attached hydrogens (tertiary/aromatic N) is 2. The second kappa shape index (κ2) is 8.99. The maximum Gasteiger partial charge on any atom is 0.362 e. The number of carbonyl (C=O) groups is 1. The molecule has 30 heavy (non-hydrogen) atoms. The van der Waals surface area contributed by atoms with E-state index in [-0.39, 0.29) is 11.5 Å². The highest BCUT2D eigenvalue weighted by molar-refractivity contribution is 9.10. The molecule has 0 bridgehead atoms. The van der Waals surface area contributed by atoms with Gasteiger partial charge in [-0.2, -0.15) is 18.2 Å². The summed E-state index contributed by atoms with van der Waals surface area (Å²) < 4.78 is 36.8. The molecule has 0 saturated heterocycles. The molecule has 0 N–H and O–H groups in total. The third-order valence-corrected chi connectivity index (χ3v) is 5.71. The summed E-state index contributed by atoms with van der Waals surface area (Å²) in [6.45, 7) is 1.59. The molecule has 8 nitrogen and oxygen atoms in total. The molecule has 0 fully saturated rings. The number of esters is 1. The van der Waals surface area contributed by atoms with E-state index in [0.29, 0.717) is 15.2 Å². The highest BCUT2D eigenvalue weighted by Crippen LogP contribution is 2.23. The molecule has 0 aliphatic heterocycles. The van der Waals surface area contributed by atoms with Gasteiger partial charge in [-0.1, -0.05) is 33.6 Å². The predicted molar refractivity (Wildman–Crippen MR) is 113 cm³/mol. The van der Waals surface area contributed by atoms with Crippen LogP contribution in [-0.2, 0) is 14.9 Å². The maximum absolute atomic E-state index is 12.6. The Bertz CT molecular complexity index is 1260. The molecule has 0 amide bonds. The Hall–Kier alpha value is -2.69. The smallest absolute Gasteiger partial charge is 0.362 e. The molecule has 0 saturated carbocycles. The van der Waals surface area contributed by atoms with Crippen LogP contribution in [0.5, 0.6) is 5.75 Å². The number of hydrogen-bond donors (Lipinski definition) is 0. The monoisotopic (exact) mass is 512 g/mol. The fourth-order valence-corrected chi connectivity index (χ4v) is 3.85. The van der Waals surface area contributed by atoms with Crippen LogP contribution in [-0.4, -0.2) is 30.8 Å². The van der Waals surface area contributed by atoms with Crippen LogP contribution in [0.2, 0.25) is 5.02 Å². The van der Waals surface area contributed by atoms with Gasteiger partial charge < -0.3 is 8.92 Å². The van der Waals surface area contributed by atoms with E-state index in [0.717, 1.165) is 10.7 Å². The second-order valence-corrected chi connectivity index (χ2v) is 8.70. The van der Waals surface area contributed by atoms with Gasteiger partial charge in [-0.25, -0.2) is 4.79 Å². The van der Waals surface area contributed by atoms with Crippen molar-refractivity contribution in [3.05, 3.63) is 80.1 Å². The minimum absolute atomic E-state index is 0.0138. The van der Waals surface area contributed by atoms with E-state index in [1.807, 2.05) is 0 Å². The Balaban J connectivity index is 2.11. The molecular weight excluding hydrogens is 500 g/mol. The molecule has 0 radical (unpaired) electrons. The largest absolute Gasteiger partial charge is 0.461 e. The minimum Gasteiger partial charge on any atom is -0.461 e. The zero-order valence-electron chi connectivity index (χ0n) is 15.4. The summed E-state index contributed by atoms with van der Waals surface area (Å²) in [7, 11) is -4.36. The maximum atomic E-state index is 12.6. The van der Waals surface area contributed by atoms with Gasteiger partial charge in [0.15, 0.2) is 5.75 Å². The summed E-state index contributed by atoms with van der Waals surface area (Å²) in [5.41, 5.74) is -0.816. The topological polar surface area (TPSA) is 105 Å². The van der Waals surface area contributed by atoms with E-state index >= 15 is 0 Å². The number of aromatic nitrogens is 2. The van der Waals surface area contributed by atoms with Gasteiger partial charge in [-0.05, 0) is 49.4 Å². The Morgan fingerprint density at radius 3 is 2.50 bits per heavy atom. The van der Waals surface area contributed by atoms with Gasteiger partial charge in [0, 0.05) is 9.50 Å². The van der Waals surface area contributed by atoms with E-state index in [1.165, 1.54) is 24.3 Å². The van der Waals surface area contributed by atoms with Crippen molar-refractivity contribution >= 4 is 43.6 Å². The highest BCUT2D eigenvalue weighted by atomic mass is 79.9. The SMILES string of the molecule is CCOC(=O)c1nn(-c2cccc(Br)c2)c(=O)cc1OS(=O)(=O)c1ccc(Cl)cc1. The average molecular weight is 514 g/mol. The first kappa shape index (κ1) is 22.0. The van der Waals surface area contributed by atoms with E-state index in [1.54, 1.807) is 31.2 Å². The molecule has 1 aromatic heterocycles. The van der Waals surface area contributed by atoms with Gasteiger partial charge in [0.25, 0.3) is 5.56 Å². The van der Waals surface area contributed by atoms with Gasteiger partial charge in [0.1, 0.15) is 4.90 Å². The van der Waals surface area contributed by atoms with Crippen LogP contribution >= 0.6 is 27.5 Å². The summed E-state index contributed by atoms with van der Waals surface area (Å²) >= 11 is 9.07. The molecule has 3 aromatic rings. The Labute approximate surface area is 185 Å². The number of halogens is 2. The van der Waals surface area contributed by atoms with Crippen molar-refractivity contribution in [1.82, 2.24) is 9.78 Å². The first-order valence-electron chi connectivity index (χ1n) is 8.49. The van der Waals surface area contributed by atoms with Crippen LogP contribution in [0.3, 0.4) is 0 Å². The minimum atomic E-state index is -4.36. The number of carbonyl (C=O) groups excluding carboxylic acids is 1. The summed E-state index contributed by atoms with van der Waals surface area (Å²) in [6.07, 6.45) is 0. The molecule has 0 atom stereocenters. The van der Waals surface area contributed by atoms with Gasteiger partial charge >= 0.3 is 16.1 Å². The zero-order valence-corrected chi connectivity index (χ0v) is 18.6. The van der Waals surface area contributed by atoms with Crippen LogP contribution in [0.1, 0.15) is 17.4 Å². The fourth-order valence-electron chi connectivity index (χ4n) is 2.41. The van der Waals surface area contributed by atoms with Crippen molar-refractivity contribution in [2.75, 3.05) is 6.61 Å². The van der Waals surface area contributed by atoms with Gasteiger partial charge in [-0.3, -0.25) is 4.79 Å². The Morgan fingerprint density at radius 2 is 1.87 bits per heavy atom. The molecule has 3 rings (SSSR count). The van der Waals surface area contributed by atoms with Gasteiger partial charge in [-0.15, -0.1) is 0 Å². The summed E-state index contributed by atoms with van der Waals surface area (Å²) in [5.74, 6) is -1.48. The number of hydrogen-bond acceptors (Lipinski definition) is 7. The van der Waals surface area contributed by atoms with Crippen molar-refractivity contribution in [3.8, 4) is 11.4 Å². The third-order valence-electron chi connectivity index (χ3n) is 3.72. The van der Waals surface area contributed by atoms with Crippen LogP contribution in [0.25, 0.3) is 5.69 Å². The van der Waals surface area contributed by atoms with Crippen molar-refractivity contribution < 1.29 is 22.1 Å². The van der Waals surface area contributed by atoms with Crippen molar-refractivity contribution in [3.63, 3.8) is 0 Å². The lowest BCUT2D eigenvalue weighted by molar-refractivity contribution is 0.0515. The second-order valence-electron chi connectivity index (χ2n) is 5.80. The summed E-state index contributed by atoms with van der Waals surface area (Å²) in [6, 6.07) is 12.7. The summed E-state index contributed by atoms with van der Waals surface area (Å²) in [5, 5.41) is 4.33. The molecule has 1 heterocycles. The van der Waals surface area contributed by atoms with E-state index in [2.05, 4.69) is 21.0 Å². The van der Waals surface area contributed by atoms with Gasteiger partial charge in [0.05, 0.1) is 18.4 Å². The molecule has 0 unspecified atom stereocenters. The van der Waals surface area contributed by atoms with Crippen LogP contribution in [0.15, 0.2) is 68.8 Å². The Kier molecular flexibility index (Phi) is 6.59. The molecule has 0 aliphatic rings. The quantitative estimate of drug-likeness (QED) is 0.366. The van der Waals surface area contributed by atoms with Crippen molar-refractivity contribution in [2.24, 2.45) is 0 Å². The van der Waals surface area contributed by atoms with Crippen molar-refractivity contribution in [1.29, 1.82) is 0 Å². The fraction of sp³-hybridized carbons (Fsp3) is 0.105. The van der Waals surface area contributed by atoms with Crippen LogP contribution < -0.4 is 9.74 Å². The summed E-state index contributed by atoms with van der Waals surface area (Å²) in [4.78, 5) is 24.8. The van der Waals surface area contributed by atoms with Crippen molar-refractivity contribution in [2.45, 2.75) is 11.8 Å². The molecule has 156 valence electrons. The lowest BCUT2D eigenvalue weighted by Gasteiger charge is -2.12. The van der Waals surface area contributed by atoms with E-state index in [9.17, 15) is 18.0 Å². The van der Waals surface area contributed by atoms with E-state index < -0.39 is 33.1 Å². The first-order valence-corrected chi connectivity index (χ1v) is 11.1. The lowest BCUT2D eigenvalue weighted by atomic mass is 10.3. The van der Waals surface area contributed by atoms with Gasteiger partial charge in [0.2, 0.25) is 5.69 Å². The highest BCUT2D eigenvalue weighted by Gasteiger charge is 2.25. The predicted octanol–water partition coefficient (Wildman–Crippen LogP) is 3.59. The Morgan fingerprint density at radius 1 is 1.17 bits per heavy atom.